The highest BCUT2D eigenvalue weighted by Gasteiger charge is 2.41. The number of hydrogen-bond donors (Lipinski definition) is 1. The molecule has 140 valence electrons. The maximum absolute atomic E-state index is 13.1. The SMILES string of the molecule is COc1ccc(N2C(=O)C(O)=C(c3ccccc3)[C@@H]2c2ccc(C)cc2)cc1. The number of carbonyl (C=O) groups excluding carboxylic acids is 1. The van der Waals surface area contributed by atoms with Gasteiger partial charge in [0.25, 0.3) is 5.91 Å². The summed E-state index contributed by atoms with van der Waals surface area (Å²) in [6.45, 7) is 2.02. The van der Waals surface area contributed by atoms with Crippen molar-refractivity contribution in [3.8, 4) is 5.75 Å². The van der Waals surface area contributed by atoms with Crippen LogP contribution < -0.4 is 9.64 Å². The molecule has 4 rings (SSSR count). The molecule has 28 heavy (non-hydrogen) atoms. The Morgan fingerprint density at radius 2 is 1.54 bits per heavy atom. The molecule has 1 amide bonds. The van der Waals surface area contributed by atoms with Crippen molar-refractivity contribution in [3.63, 3.8) is 0 Å². The number of hydrogen-bond acceptors (Lipinski definition) is 3. The summed E-state index contributed by atoms with van der Waals surface area (Å²) in [5.74, 6) is 0.0879. The maximum atomic E-state index is 13.1. The highest BCUT2D eigenvalue weighted by atomic mass is 16.5. The Morgan fingerprint density at radius 1 is 0.893 bits per heavy atom. The van der Waals surface area contributed by atoms with Crippen LogP contribution in [0.25, 0.3) is 5.57 Å². The molecular formula is C24H21NO3. The average molecular weight is 371 g/mol. The molecule has 0 fully saturated rings. The summed E-state index contributed by atoms with van der Waals surface area (Å²) in [4.78, 5) is 14.7. The summed E-state index contributed by atoms with van der Waals surface area (Å²) in [6, 6.07) is 24.5. The monoisotopic (exact) mass is 371 g/mol. The molecule has 1 N–H and O–H groups in total. The second-order valence-corrected chi connectivity index (χ2v) is 6.81. The lowest BCUT2D eigenvalue weighted by atomic mass is 9.93. The highest BCUT2D eigenvalue weighted by molar-refractivity contribution is 6.16. The fraction of sp³-hybridized carbons (Fsp3) is 0.125. The third-order valence-corrected chi connectivity index (χ3v) is 5.04. The van der Waals surface area contributed by atoms with Gasteiger partial charge in [-0.25, -0.2) is 0 Å². The fourth-order valence-electron chi connectivity index (χ4n) is 3.59. The Bertz CT molecular complexity index is 1020. The van der Waals surface area contributed by atoms with E-state index in [1.807, 2.05) is 85.8 Å². The van der Waals surface area contributed by atoms with E-state index in [1.165, 1.54) is 0 Å². The summed E-state index contributed by atoms with van der Waals surface area (Å²) in [5, 5.41) is 10.8. The number of aliphatic hydroxyl groups excluding tert-OH is 1. The quantitative estimate of drug-likeness (QED) is 0.697. The molecule has 1 aliphatic rings. The standard InChI is InChI=1S/C24H21NO3/c1-16-8-10-18(11-9-16)22-21(17-6-4-3-5-7-17)23(26)24(27)25(22)19-12-14-20(28-2)15-13-19/h3-15,22,26H,1-2H3/t22-/m0/s1. The van der Waals surface area contributed by atoms with E-state index < -0.39 is 11.9 Å². The zero-order valence-electron chi connectivity index (χ0n) is 15.8. The van der Waals surface area contributed by atoms with E-state index in [9.17, 15) is 9.90 Å². The van der Waals surface area contributed by atoms with Gasteiger partial charge in [-0.2, -0.15) is 0 Å². The smallest absolute Gasteiger partial charge is 0.294 e. The second-order valence-electron chi connectivity index (χ2n) is 6.81. The third-order valence-electron chi connectivity index (χ3n) is 5.04. The van der Waals surface area contributed by atoms with E-state index in [1.54, 1.807) is 12.0 Å². The first-order valence-corrected chi connectivity index (χ1v) is 9.13. The summed E-state index contributed by atoms with van der Waals surface area (Å²) in [6.07, 6.45) is 0. The highest BCUT2D eigenvalue weighted by Crippen LogP contribution is 2.45. The van der Waals surface area contributed by atoms with Crippen LogP contribution in [-0.4, -0.2) is 18.1 Å². The van der Waals surface area contributed by atoms with Crippen LogP contribution in [0, 0.1) is 6.92 Å². The number of ether oxygens (including phenoxy) is 1. The Kier molecular flexibility index (Phi) is 4.62. The topological polar surface area (TPSA) is 49.8 Å². The first kappa shape index (κ1) is 17.9. The minimum atomic E-state index is -0.413. The molecule has 0 bridgehead atoms. The molecule has 1 atom stereocenters. The molecule has 0 saturated heterocycles. The number of benzene rings is 3. The Labute approximate surface area is 164 Å². The number of aryl methyl sites for hydroxylation is 1. The fourth-order valence-corrected chi connectivity index (χ4v) is 3.59. The predicted octanol–water partition coefficient (Wildman–Crippen LogP) is 5.06. The van der Waals surface area contributed by atoms with Gasteiger partial charge in [-0.05, 0) is 42.3 Å². The van der Waals surface area contributed by atoms with E-state index >= 15 is 0 Å². The van der Waals surface area contributed by atoms with E-state index in [0.29, 0.717) is 17.0 Å². The van der Waals surface area contributed by atoms with Gasteiger partial charge in [0.1, 0.15) is 5.75 Å². The lowest BCUT2D eigenvalue weighted by Gasteiger charge is -2.27. The van der Waals surface area contributed by atoms with Crippen molar-refractivity contribution in [1.82, 2.24) is 0 Å². The van der Waals surface area contributed by atoms with Crippen LogP contribution in [-0.2, 0) is 4.79 Å². The Hall–Kier alpha value is -3.53. The lowest BCUT2D eigenvalue weighted by molar-refractivity contribution is -0.117. The Balaban J connectivity index is 1.87. The number of rotatable bonds is 4. The molecule has 4 heteroatoms. The number of nitrogens with zero attached hydrogens (tertiary/aromatic N) is 1. The number of carbonyl (C=O) groups is 1. The zero-order valence-corrected chi connectivity index (χ0v) is 15.8. The van der Waals surface area contributed by atoms with Crippen LogP contribution in [0.5, 0.6) is 5.75 Å². The van der Waals surface area contributed by atoms with Crippen molar-refractivity contribution in [2.45, 2.75) is 13.0 Å². The lowest BCUT2D eigenvalue weighted by Crippen LogP contribution is -2.30. The van der Waals surface area contributed by atoms with Gasteiger partial charge in [0.2, 0.25) is 0 Å². The minimum absolute atomic E-state index is 0.215. The number of aliphatic hydroxyl groups is 1. The van der Waals surface area contributed by atoms with Crippen molar-refractivity contribution < 1.29 is 14.6 Å². The normalized spacial score (nSPS) is 16.6. The number of amides is 1. The molecular weight excluding hydrogens is 350 g/mol. The van der Waals surface area contributed by atoms with Crippen LogP contribution in [0.2, 0.25) is 0 Å². The Morgan fingerprint density at radius 3 is 2.14 bits per heavy atom. The van der Waals surface area contributed by atoms with Gasteiger partial charge in [-0.1, -0.05) is 60.2 Å². The zero-order chi connectivity index (χ0) is 19.7. The van der Waals surface area contributed by atoms with Gasteiger partial charge in [0, 0.05) is 11.3 Å². The summed E-state index contributed by atoms with van der Waals surface area (Å²) in [5.41, 5.74) is 4.23. The maximum Gasteiger partial charge on any atom is 0.294 e. The summed E-state index contributed by atoms with van der Waals surface area (Å²) >= 11 is 0. The average Bonchev–Trinajstić information content (AvgIpc) is 3.00. The molecule has 0 saturated carbocycles. The summed E-state index contributed by atoms with van der Waals surface area (Å²) < 4.78 is 5.23. The largest absolute Gasteiger partial charge is 0.503 e. The van der Waals surface area contributed by atoms with Crippen molar-refractivity contribution in [3.05, 3.63) is 101 Å². The van der Waals surface area contributed by atoms with E-state index in [2.05, 4.69) is 0 Å². The van der Waals surface area contributed by atoms with Gasteiger partial charge in [-0.15, -0.1) is 0 Å². The molecule has 1 aliphatic heterocycles. The minimum Gasteiger partial charge on any atom is -0.503 e. The molecule has 3 aromatic carbocycles. The molecule has 0 aromatic heterocycles. The first-order valence-electron chi connectivity index (χ1n) is 9.13. The van der Waals surface area contributed by atoms with Crippen LogP contribution in [0.3, 0.4) is 0 Å². The van der Waals surface area contributed by atoms with Crippen molar-refractivity contribution in [2.24, 2.45) is 0 Å². The van der Waals surface area contributed by atoms with Gasteiger partial charge in [0.15, 0.2) is 5.76 Å². The van der Waals surface area contributed by atoms with Crippen LogP contribution in [0.4, 0.5) is 5.69 Å². The molecule has 3 aromatic rings. The van der Waals surface area contributed by atoms with Crippen molar-refractivity contribution >= 4 is 17.2 Å². The summed E-state index contributed by atoms with van der Waals surface area (Å²) in [7, 11) is 1.60. The van der Waals surface area contributed by atoms with Gasteiger partial charge in [0.05, 0.1) is 13.2 Å². The predicted molar refractivity (Wildman–Crippen MR) is 110 cm³/mol. The van der Waals surface area contributed by atoms with Crippen LogP contribution >= 0.6 is 0 Å². The first-order chi connectivity index (χ1) is 13.6. The number of anilines is 1. The van der Waals surface area contributed by atoms with E-state index in [4.69, 9.17) is 4.74 Å². The van der Waals surface area contributed by atoms with E-state index in [0.717, 1.165) is 16.7 Å². The van der Waals surface area contributed by atoms with Gasteiger partial charge < -0.3 is 9.84 Å². The van der Waals surface area contributed by atoms with Crippen molar-refractivity contribution in [2.75, 3.05) is 12.0 Å². The van der Waals surface area contributed by atoms with Gasteiger partial charge >= 0.3 is 0 Å². The molecule has 0 unspecified atom stereocenters. The second kappa shape index (κ2) is 7.24. The molecule has 0 radical (unpaired) electrons. The van der Waals surface area contributed by atoms with Crippen LogP contribution in [0.1, 0.15) is 22.7 Å². The number of methoxy groups -OCH3 is 1. The molecule has 0 aliphatic carbocycles. The molecule has 0 spiro atoms. The van der Waals surface area contributed by atoms with E-state index in [-0.39, 0.29) is 5.76 Å². The molecule has 1 heterocycles. The molecule has 4 nitrogen and oxygen atoms in total. The van der Waals surface area contributed by atoms with Crippen molar-refractivity contribution in [1.29, 1.82) is 0 Å². The van der Waals surface area contributed by atoms with Crippen LogP contribution in [0.15, 0.2) is 84.6 Å². The van der Waals surface area contributed by atoms with Gasteiger partial charge in [-0.3, -0.25) is 9.69 Å². The third kappa shape index (κ3) is 3.03.